The molecule has 0 spiro atoms. The topological polar surface area (TPSA) is 131 Å². The maximum Gasteiger partial charge on any atom is 0.291 e. The molecule has 3 aromatic rings. The summed E-state index contributed by atoms with van der Waals surface area (Å²) in [4.78, 5) is 23.2. The van der Waals surface area contributed by atoms with Gasteiger partial charge in [-0.1, -0.05) is 0 Å². The SMILES string of the molecule is COC1=Cc2nc(-c3n[nH]cc3NC(=O)c3cc(CN4CCOCC4)c(C)o3)[nH]c2CC1OC. The van der Waals surface area contributed by atoms with Crippen LogP contribution in [0.3, 0.4) is 0 Å². The number of aromatic amines is 2. The zero-order valence-electron chi connectivity index (χ0n) is 19.4. The summed E-state index contributed by atoms with van der Waals surface area (Å²) in [5.41, 5.74) is 3.67. The van der Waals surface area contributed by atoms with Gasteiger partial charge >= 0.3 is 0 Å². The number of aromatic nitrogens is 4. The van der Waals surface area contributed by atoms with E-state index in [1.165, 1.54) is 0 Å². The Morgan fingerprint density at radius 3 is 2.91 bits per heavy atom. The summed E-state index contributed by atoms with van der Waals surface area (Å²) in [5.74, 6) is 1.88. The zero-order chi connectivity index (χ0) is 23.7. The number of fused-ring (bicyclic) bond motifs is 1. The number of nitrogens with one attached hydrogen (secondary N) is 3. The number of imidazole rings is 1. The fourth-order valence-electron chi connectivity index (χ4n) is 4.25. The number of carbonyl (C=O) groups excluding carboxylic acids is 1. The first kappa shape index (κ1) is 22.4. The first-order valence-electron chi connectivity index (χ1n) is 11.2. The number of morpholine rings is 1. The maximum atomic E-state index is 13.0. The lowest BCUT2D eigenvalue weighted by molar-refractivity contribution is 0.0340. The van der Waals surface area contributed by atoms with Gasteiger partial charge in [0.15, 0.2) is 17.3 Å². The van der Waals surface area contributed by atoms with Gasteiger partial charge in [0.2, 0.25) is 0 Å². The normalized spacial score (nSPS) is 18.4. The second kappa shape index (κ2) is 9.45. The van der Waals surface area contributed by atoms with Crippen LogP contribution in [-0.4, -0.2) is 77.6 Å². The Bertz CT molecular complexity index is 1200. The van der Waals surface area contributed by atoms with Gasteiger partial charge in [-0.15, -0.1) is 0 Å². The monoisotopic (exact) mass is 468 g/mol. The molecule has 1 atom stereocenters. The summed E-state index contributed by atoms with van der Waals surface area (Å²) in [7, 11) is 3.25. The van der Waals surface area contributed by atoms with E-state index >= 15 is 0 Å². The summed E-state index contributed by atoms with van der Waals surface area (Å²) in [6, 6.07) is 1.80. The maximum absolute atomic E-state index is 13.0. The molecule has 2 aliphatic rings. The average molecular weight is 469 g/mol. The minimum Gasteiger partial charge on any atom is -0.498 e. The first-order valence-corrected chi connectivity index (χ1v) is 11.2. The van der Waals surface area contributed by atoms with E-state index in [-0.39, 0.29) is 17.8 Å². The number of amides is 1. The van der Waals surface area contributed by atoms with Gasteiger partial charge < -0.3 is 28.9 Å². The van der Waals surface area contributed by atoms with Gasteiger partial charge in [0.05, 0.1) is 31.7 Å². The average Bonchev–Trinajstić information content (AvgIpc) is 3.57. The highest BCUT2D eigenvalue weighted by molar-refractivity contribution is 6.04. The molecule has 0 radical (unpaired) electrons. The molecule has 180 valence electrons. The highest BCUT2D eigenvalue weighted by Crippen LogP contribution is 2.30. The molecule has 1 saturated heterocycles. The lowest BCUT2D eigenvalue weighted by Crippen LogP contribution is -2.35. The second-order valence-electron chi connectivity index (χ2n) is 8.31. The third-order valence-corrected chi connectivity index (χ3v) is 6.17. The molecule has 11 nitrogen and oxygen atoms in total. The van der Waals surface area contributed by atoms with E-state index in [1.54, 1.807) is 26.5 Å². The highest BCUT2D eigenvalue weighted by Gasteiger charge is 2.27. The molecule has 1 fully saturated rings. The fraction of sp³-hybridized carbons (Fsp3) is 0.435. The highest BCUT2D eigenvalue weighted by atomic mass is 16.5. The number of nitrogens with zero attached hydrogens (tertiary/aromatic N) is 3. The molecule has 3 N–H and O–H groups in total. The molecule has 4 heterocycles. The van der Waals surface area contributed by atoms with Crippen LogP contribution in [0.4, 0.5) is 5.69 Å². The number of hydrogen-bond acceptors (Lipinski definition) is 8. The number of furan rings is 1. The third-order valence-electron chi connectivity index (χ3n) is 6.17. The third kappa shape index (κ3) is 4.37. The second-order valence-corrected chi connectivity index (χ2v) is 8.31. The summed E-state index contributed by atoms with van der Waals surface area (Å²) < 4.78 is 22.1. The fourth-order valence-corrected chi connectivity index (χ4v) is 4.25. The molecular weight excluding hydrogens is 440 g/mol. The van der Waals surface area contributed by atoms with Crippen molar-refractivity contribution < 1.29 is 23.4 Å². The van der Waals surface area contributed by atoms with Crippen molar-refractivity contribution in [2.24, 2.45) is 0 Å². The Labute approximate surface area is 196 Å². The van der Waals surface area contributed by atoms with Crippen LogP contribution in [0.5, 0.6) is 0 Å². The van der Waals surface area contributed by atoms with Crippen molar-refractivity contribution in [3.63, 3.8) is 0 Å². The lowest BCUT2D eigenvalue weighted by atomic mass is 10.0. The van der Waals surface area contributed by atoms with Crippen molar-refractivity contribution in [3.8, 4) is 11.5 Å². The van der Waals surface area contributed by atoms with E-state index in [0.717, 1.165) is 55.6 Å². The van der Waals surface area contributed by atoms with E-state index in [4.69, 9.17) is 18.6 Å². The van der Waals surface area contributed by atoms with E-state index < -0.39 is 0 Å². The van der Waals surface area contributed by atoms with Crippen molar-refractivity contribution in [2.45, 2.75) is 26.0 Å². The van der Waals surface area contributed by atoms with E-state index in [1.807, 2.05) is 13.0 Å². The van der Waals surface area contributed by atoms with Gasteiger partial charge in [0.1, 0.15) is 17.6 Å². The number of aryl methyl sites for hydroxylation is 1. The number of ether oxygens (including phenoxy) is 3. The molecule has 1 amide bonds. The Morgan fingerprint density at radius 1 is 1.32 bits per heavy atom. The van der Waals surface area contributed by atoms with Crippen molar-refractivity contribution in [2.75, 3.05) is 45.8 Å². The van der Waals surface area contributed by atoms with Gasteiger partial charge in [-0.25, -0.2) is 4.98 Å². The Balaban J connectivity index is 1.32. The van der Waals surface area contributed by atoms with E-state index in [9.17, 15) is 4.79 Å². The first-order chi connectivity index (χ1) is 16.6. The van der Waals surface area contributed by atoms with Crippen LogP contribution in [0.1, 0.15) is 33.3 Å². The van der Waals surface area contributed by atoms with Gasteiger partial charge in [0, 0.05) is 56.7 Å². The van der Waals surface area contributed by atoms with Crippen LogP contribution in [0.2, 0.25) is 0 Å². The van der Waals surface area contributed by atoms with Gasteiger partial charge in [-0.05, 0) is 13.0 Å². The van der Waals surface area contributed by atoms with Crippen molar-refractivity contribution in [3.05, 3.63) is 46.5 Å². The summed E-state index contributed by atoms with van der Waals surface area (Å²) >= 11 is 0. The minimum absolute atomic E-state index is 0.182. The van der Waals surface area contributed by atoms with Gasteiger partial charge in [-0.2, -0.15) is 5.10 Å². The minimum atomic E-state index is -0.351. The summed E-state index contributed by atoms with van der Waals surface area (Å²) in [6.07, 6.45) is 3.88. The number of hydrogen-bond donors (Lipinski definition) is 3. The van der Waals surface area contributed by atoms with Crippen LogP contribution in [0.15, 0.2) is 22.4 Å². The lowest BCUT2D eigenvalue weighted by Gasteiger charge is -2.26. The van der Waals surface area contributed by atoms with Crippen molar-refractivity contribution in [1.82, 2.24) is 25.1 Å². The number of anilines is 1. The predicted molar refractivity (Wildman–Crippen MR) is 123 cm³/mol. The largest absolute Gasteiger partial charge is 0.498 e. The molecule has 0 saturated carbocycles. The molecule has 0 aromatic carbocycles. The molecular formula is C23H28N6O5. The van der Waals surface area contributed by atoms with Gasteiger partial charge in [-0.3, -0.25) is 14.8 Å². The van der Waals surface area contributed by atoms with Crippen LogP contribution < -0.4 is 5.32 Å². The number of methoxy groups -OCH3 is 2. The van der Waals surface area contributed by atoms with Crippen LogP contribution in [0, 0.1) is 6.92 Å². The van der Waals surface area contributed by atoms with Crippen LogP contribution in [-0.2, 0) is 27.2 Å². The summed E-state index contributed by atoms with van der Waals surface area (Å²) in [6.45, 7) is 5.77. The smallest absolute Gasteiger partial charge is 0.291 e. The number of carbonyl (C=O) groups is 1. The molecule has 0 bridgehead atoms. The summed E-state index contributed by atoms with van der Waals surface area (Å²) in [5, 5.41) is 9.98. The van der Waals surface area contributed by atoms with E-state index in [2.05, 4.69) is 30.4 Å². The zero-order valence-corrected chi connectivity index (χ0v) is 19.4. The van der Waals surface area contributed by atoms with Crippen LogP contribution >= 0.6 is 0 Å². The molecule has 3 aromatic heterocycles. The Morgan fingerprint density at radius 2 is 2.15 bits per heavy atom. The molecule has 1 unspecified atom stereocenters. The van der Waals surface area contributed by atoms with Crippen LogP contribution in [0.25, 0.3) is 17.6 Å². The quantitative estimate of drug-likeness (QED) is 0.482. The number of rotatable bonds is 7. The molecule has 11 heteroatoms. The number of H-pyrrole nitrogens is 2. The standard InChI is InChI=1S/C23H28N6O5/c1-13-14(12-29-4-6-33-7-5-29)8-20(34-13)23(30)27-17-11-24-28-21(17)22-25-15-9-18(31-2)19(32-3)10-16(15)26-22/h8-9,11,19H,4-7,10,12H2,1-3H3,(H,24,28)(H,25,26)(H,27,30). The Kier molecular flexibility index (Phi) is 6.22. The Hall–Kier alpha value is -3.41. The van der Waals surface area contributed by atoms with Crippen molar-refractivity contribution >= 4 is 17.7 Å². The molecule has 1 aliphatic carbocycles. The van der Waals surface area contributed by atoms with Crippen molar-refractivity contribution in [1.29, 1.82) is 0 Å². The molecule has 34 heavy (non-hydrogen) atoms. The molecule has 5 rings (SSSR count). The van der Waals surface area contributed by atoms with Gasteiger partial charge in [0.25, 0.3) is 5.91 Å². The molecule has 1 aliphatic heterocycles. The predicted octanol–water partition coefficient (Wildman–Crippen LogP) is 2.34. The van der Waals surface area contributed by atoms with E-state index in [0.29, 0.717) is 29.4 Å².